The molecule has 37 heavy (non-hydrogen) atoms. The minimum atomic E-state index is -4.60. The van der Waals surface area contributed by atoms with E-state index in [0.29, 0.717) is 26.7 Å². The molecule has 0 aromatic heterocycles. The van der Waals surface area contributed by atoms with E-state index in [1.165, 1.54) is 24.3 Å². The predicted molar refractivity (Wildman–Crippen MR) is 131 cm³/mol. The molecular formula is C23H18BrF3N2O7S. The molecule has 9 nitrogen and oxygen atoms in total. The van der Waals surface area contributed by atoms with Crippen LogP contribution < -0.4 is 14.8 Å². The molecule has 0 saturated carbocycles. The van der Waals surface area contributed by atoms with Gasteiger partial charge in [0.25, 0.3) is 11.1 Å². The van der Waals surface area contributed by atoms with Crippen LogP contribution in [0.3, 0.4) is 0 Å². The number of carbonyl (C=O) groups excluding carboxylic acids is 3. The van der Waals surface area contributed by atoms with E-state index >= 15 is 0 Å². The molecule has 1 saturated heterocycles. The van der Waals surface area contributed by atoms with Crippen molar-refractivity contribution < 1.29 is 46.9 Å². The smallest absolute Gasteiger partial charge is 0.416 e. The standard InChI is InChI=1S/C23H18BrF3N2O7S/c1-2-35-16-6-12(15(24)9-17(16)36-11-20(31)32)7-18-21(33)29(22(34)37-18)10-19(30)28-14-5-3-4-13(8-14)23(25,26)27/h3-9H,2,10-11H2,1H3,(H,28,30)(H,31,32)/b18-7-. The van der Waals surface area contributed by atoms with Gasteiger partial charge < -0.3 is 19.9 Å². The largest absolute Gasteiger partial charge is 0.490 e. The number of aliphatic carboxylic acids is 1. The first-order valence-electron chi connectivity index (χ1n) is 10.4. The zero-order chi connectivity index (χ0) is 27.3. The second-order valence-corrected chi connectivity index (χ2v) is 9.18. The molecule has 0 aliphatic carbocycles. The van der Waals surface area contributed by atoms with Crippen molar-refractivity contribution in [3.63, 3.8) is 0 Å². The Hall–Kier alpha value is -3.52. The van der Waals surface area contributed by atoms with Crippen LogP contribution in [0.15, 0.2) is 45.8 Å². The molecule has 3 rings (SSSR count). The first-order chi connectivity index (χ1) is 17.4. The lowest BCUT2D eigenvalue weighted by Crippen LogP contribution is -2.36. The van der Waals surface area contributed by atoms with E-state index in [1.54, 1.807) is 6.92 Å². The average Bonchev–Trinajstić information content (AvgIpc) is 3.07. The number of carboxylic acids is 1. The van der Waals surface area contributed by atoms with Crippen molar-refractivity contribution in [3.05, 3.63) is 56.9 Å². The highest BCUT2D eigenvalue weighted by molar-refractivity contribution is 9.10. The van der Waals surface area contributed by atoms with Crippen molar-refractivity contribution in [3.8, 4) is 11.5 Å². The maximum Gasteiger partial charge on any atom is 0.416 e. The van der Waals surface area contributed by atoms with Crippen molar-refractivity contribution >= 4 is 62.5 Å². The summed E-state index contributed by atoms with van der Waals surface area (Å²) in [5.41, 5.74) is -0.694. The van der Waals surface area contributed by atoms with Gasteiger partial charge in [-0.25, -0.2) is 4.79 Å². The molecule has 1 fully saturated rings. The summed E-state index contributed by atoms with van der Waals surface area (Å²) in [6.45, 7) is 0.638. The highest BCUT2D eigenvalue weighted by atomic mass is 79.9. The van der Waals surface area contributed by atoms with E-state index in [1.807, 2.05) is 0 Å². The number of thioether (sulfide) groups is 1. The van der Waals surface area contributed by atoms with Gasteiger partial charge in [0, 0.05) is 10.2 Å². The number of anilines is 1. The lowest BCUT2D eigenvalue weighted by atomic mass is 10.1. The van der Waals surface area contributed by atoms with Gasteiger partial charge in [-0.15, -0.1) is 0 Å². The highest BCUT2D eigenvalue weighted by Crippen LogP contribution is 2.38. The third-order valence-corrected chi connectivity index (χ3v) is 6.24. The van der Waals surface area contributed by atoms with Crippen LogP contribution in [0.5, 0.6) is 11.5 Å². The molecule has 1 aliphatic heterocycles. The number of nitrogens with one attached hydrogen (secondary N) is 1. The monoisotopic (exact) mass is 602 g/mol. The zero-order valence-electron chi connectivity index (χ0n) is 18.9. The van der Waals surface area contributed by atoms with Crippen LogP contribution in [0.4, 0.5) is 23.7 Å². The molecule has 0 spiro atoms. The third kappa shape index (κ3) is 7.26. The van der Waals surface area contributed by atoms with Gasteiger partial charge in [0.2, 0.25) is 5.91 Å². The Bertz CT molecular complexity index is 1280. The fourth-order valence-corrected chi connectivity index (χ4v) is 4.34. The van der Waals surface area contributed by atoms with Crippen molar-refractivity contribution in [1.82, 2.24) is 4.90 Å². The second-order valence-electron chi connectivity index (χ2n) is 7.33. The van der Waals surface area contributed by atoms with E-state index in [4.69, 9.17) is 14.6 Å². The van der Waals surface area contributed by atoms with Gasteiger partial charge in [0.05, 0.1) is 17.1 Å². The number of alkyl halides is 3. The number of carbonyl (C=O) groups is 4. The average molecular weight is 603 g/mol. The molecule has 2 aromatic carbocycles. The number of rotatable bonds is 9. The first-order valence-corrected chi connectivity index (χ1v) is 12.0. The third-order valence-electron chi connectivity index (χ3n) is 4.65. The number of halogens is 4. The normalized spacial score (nSPS) is 14.7. The van der Waals surface area contributed by atoms with E-state index in [2.05, 4.69) is 21.2 Å². The molecule has 14 heteroatoms. The van der Waals surface area contributed by atoms with Crippen molar-refractivity contribution in [2.45, 2.75) is 13.1 Å². The second kappa shape index (κ2) is 11.7. The number of imide groups is 1. The summed E-state index contributed by atoms with van der Waals surface area (Å²) in [5.74, 6) is -2.47. The minimum Gasteiger partial charge on any atom is -0.490 e. The number of hydrogen-bond acceptors (Lipinski definition) is 7. The Kier molecular flexibility index (Phi) is 8.86. The molecule has 1 aliphatic rings. The molecule has 1 heterocycles. The van der Waals surface area contributed by atoms with Crippen LogP contribution in [0.25, 0.3) is 6.08 Å². The Labute approximate surface area is 220 Å². The summed E-state index contributed by atoms with van der Waals surface area (Å²) < 4.78 is 49.8. The van der Waals surface area contributed by atoms with Crippen LogP contribution >= 0.6 is 27.7 Å². The Balaban J connectivity index is 1.76. The molecule has 2 N–H and O–H groups in total. The topological polar surface area (TPSA) is 122 Å². The molecule has 0 bridgehead atoms. The Morgan fingerprint density at radius 2 is 1.86 bits per heavy atom. The quantitative estimate of drug-likeness (QED) is 0.384. The summed E-state index contributed by atoms with van der Waals surface area (Å²) in [6, 6.07) is 6.89. The number of ether oxygens (including phenoxy) is 2. The minimum absolute atomic E-state index is 0.0146. The van der Waals surface area contributed by atoms with Crippen LogP contribution in [-0.4, -0.2) is 52.8 Å². The zero-order valence-corrected chi connectivity index (χ0v) is 21.3. The molecule has 0 atom stereocenters. The lowest BCUT2D eigenvalue weighted by molar-refractivity contribution is -0.139. The van der Waals surface area contributed by atoms with E-state index < -0.39 is 47.9 Å². The van der Waals surface area contributed by atoms with Gasteiger partial charge >= 0.3 is 12.1 Å². The van der Waals surface area contributed by atoms with E-state index in [0.717, 1.165) is 18.2 Å². The molecule has 3 amide bonds. The number of nitrogens with zero attached hydrogens (tertiary/aromatic N) is 1. The summed E-state index contributed by atoms with van der Waals surface area (Å²) in [6.07, 6.45) is -3.22. The fourth-order valence-electron chi connectivity index (χ4n) is 3.08. The van der Waals surface area contributed by atoms with E-state index in [-0.39, 0.29) is 28.7 Å². The van der Waals surface area contributed by atoms with Gasteiger partial charge in [-0.2, -0.15) is 13.2 Å². The Morgan fingerprint density at radius 1 is 1.16 bits per heavy atom. The number of benzene rings is 2. The fraction of sp³-hybridized carbons (Fsp3) is 0.217. The molecule has 2 aromatic rings. The molecule has 0 unspecified atom stereocenters. The van der Waals surface area contributed by atoms with Gasteiger partial charge in [-0.1, -0.05) is 22.0 Å². The predicted octanol–water partition coefficient (Wildman–Crippen LogP) is 5.01. The summed E-state index contributed by atoms with van der Waals surface area (Å²) >= 11 is 3.88. The lowest BCUT2D eigenvalue weighted by Gasteiger charge is -2.14. The number of hydrogen-bond donors (Lipinski definition) is 2. The van der Waals surface area contributed by atoms with Crippen molar-refractivity contribution in [2.24, 2.45) is 0 Å². The van der Waals surface area contributed by atoms with Crippen LogP contribution in [-0.2, 0) is 20.6 Å². The van der Waals surface area contributed by atoms with Gasteiger partial charge in [-0.05, 0) is 60.7 Å². The van der Waals surface area contributed by atoms with Crippen molar-refractivity contribution in [1.29, 1.82) is 0 Å². The first kappa shape index (κ1) is 28.1. The van der Waals surface area contributed by atoms with Gasteiger partial charge in [0.15, 0.2) is 18.1 Å². The molecule has 196 valence electrons. The SMILES string of the molecule is CCOc1cc(/C=C2\SC(=O)N(CC(=O)Nc3cccc(C(F)(F)F)c3)C2=O)c(Br)cc1OCC(=O)O. The maximum atomic E-state index is 12.9. The summed E-state index contributed by atoms with van der Waals surface area (Å²) in [7, 11) is 0. The number of amides is 3. The Morgan fingerprint density at radius 3 is 2.51 bits per heavy atom. The summed E-state index contributed by atoms with van der Waals surface area (Å²) in [4.78, 5) is 49.0. The maximum absolute atomic E-state index is 12.9. The highest BCUT2D eigenvalue weighted by Gasteiger charge is 2.37. The van der Waals surface area contributed by atoms with Gasteiger partial charge in [0.1, 0.15) is 6.54 Å². The number of carboxylic acid groups (broad SMARTS) is 1. The van der Waals surface area contributed by atoms with Crippen LogP contribution in [0, 0.1) is 0 Å². The van der Waals surface area contributed by atoms with Crippen LogP contribution in [0.2, 0.25) is 0 Å². The van der Waals surface area contributed by atoms with Gasteiger partial charge in [-0.3, -0.25) is 19.3 Å². The van der Waals surface area contributed by atoms with E-state index in [9.17, 15) is 32.3 Å². The summed E-state index contributed by atoms with van der Waals surface area (Å²) in [5, 5.41) is 10.4. The van der Waals surface area contributed by atoms with Crippen molar-refractivity contribution in [2.75, 3.05) is 25.1 Å². The van der Waals surface area contributed by atoms with Crippen LogP contribution in [0.1, 0.15) is 18.1 Å². The molecule has 0 radical (unpaired) electrons. The molecular weight excluding hydrogens is 585 g/mol.